The van der Waals surface area contributed by atoms with Crippen molar-refractivity contribution in [2.75, 3.05) is 0 Å². The fourth-order valence-electron chi connectivity index (χ4n) is 0. The largest absolute Gasteiger partial charge is 1.00 e. The summed E-state index contributed by atoms with van der Waals surface area (Å²) in [6.45, 7) is 0. The zero-order chi connectivity index (χ0) is 5.15. The SMILES string of the molecule is O=C([O-])C(=O)O.[H-].[K+].[K+]. The first-order chi connectivity index (χ1) is 2.64. The molecule has 0 saturated carbocycles. The van der Waals surface area contributed by atoms with E-state index >= 15 is 0 Å². The molecule has 0 aliphatic carbocycles. The third kappa shape index (κ3) is 11.1. The van der Waals surface area contributed by atoms with Gasteiger partial charge in [0, 0.05) is 0 Å². The Labute approximate surface area is 132 Å². The Hall–Kier alpha value is 2.21. The van der Waals surface area contributed by atoms with Crippen LogP contribution in [0.1, 0.15) is 1.43 Å². The summed E-state index contributed by atoms with van der Waals surface area (Å²) in [5.74, 6) is -4.01. The molecule has 8 heavy (non-hydrogen) atoms. The molecule has 36 valence electrons. The standard InChI is InChI=1S/C2H2O4.2K.H/c3-1(4)2(5)6;;;/h(H,3,4)(H,5,6);;;/q;2*+1;-1/p-1. The zero-order valence-electron chi connectivity index (χ0n) is 5.67. The van der Waals surface area contributed by atoms with E-state index in [1.54, 1.807) is 0 Å². The number of hydrogen-bond donors (Lipinski definition) is 1. The van der Waals surface area contributed by atoms with Crippen LogP contribution in [0.25, 0.3) is 0 Å². The molecule has 0 amide bonds. The van der Waals surface area contributed by atoms with Gasteiger partial charge in [-0.05, 0) is 0 Å². The molecule has 0 aliphatic rings. The first-order valence-electron chi connectivity index (χ1n) is 1.09. The molecule has 0 aromatic heterocycles. The fraction of sp³-hybridized carbons (Fsp3) is 0. The van der Waals surface area contributed by atoms with E-state index in [1.807, 2.05) is 0 Å². The Kier molecular flexibility index (Phi) is 19.2. The topological polar surface area (TPSA) is 77.4 Å². The minimum absolute atomic E-state index is 0. The van der Waals surface area contributed by atoms with Gasteiger partial charge >= 0.3 is 109 Å². The molecule has 0 atom stereocenters. The molecule has 4 nitrogen and oxygen atoms in total. The molecular formula is C2H2K2O4. The summed E-state index contributed by atoms with van der Waals surface area (Å²) in [5.41, 5.74) is 0. The van der Waals surface area contributed by atoms with Crippen molar-refractivity contribution in [3.05, 3.63) is 0 Å². The average molecular weight is 168 g/mol. The Balaban J connectivity index is -0.0000000417. The first-order valence-corrected chi connectivity index (χ1v) is 1.09. The van der Waals surface area contributed by atoms with Crippen LogP contribution in [-0.4, -0.2) is 17.0 Å². The van der Waals surface area contributed by atoms with Crippen molar-refractivity contribution in [1.29, 1.82) is 0 Å². The minimum atomic E-state index is -2.07. The quantitative estimate of drug-likeness (QED) is 0.288. The zero-order valence-corrected chi connectivity index (χ0v) is 10.9. The molecule has 0 unspecified atom stereocenters. The monoisotopic (exact) mass is 168 g/mol. The first kappa shape index (κ1) is 16.7. The van der Waals surface area contributed by atoms with Gasteiger partial charge in [0.2, 0.25) is 0 Å². The van der Waals surface area contributed by atoms with Crippen LogP contribution in [0.5, 0.6) is 0 Å². The van der Waals surface area contributed by atoms with Crippen molar-refractivity contribution in [2.45, 2.75) is 0 Å². The second-order valence-corrected chi connectivity index (χ2v) is 0.593. The van der Waals surface area contributed by atoms with Gasteiger partial charge in [-0.15, -0.1) is 0 Å². The van der Waals surface area contributed by atoms with Crippen molar-refractivity contribution >= 4 is 11.9 Å². The molecule has 0 radical (unpaired) electrons. The molecule has 0 aliphatic heterocycles. The van der Waals surface area contributed by atoms with Gasteiger partial charge in [0.05, 0.1) is 0 Å². The van der Waals surface area contributed by atoms with E-state index in [2.05, 4.69) is 0 Å². The molecule has 0 fully saturated rings. The fourth-order valence-corrected chi connectivity index (χ4v) is 0. The second kappa shape index (κ2) is 9.21. The summed E-state index contributed by atoms with van der Waals surface area (Å²) >= 11 is 0. The molecule has 0 aromatic carbocycles. The molecule has 0 rings (SSSR count). The Morgan fingerprint density at radius 3 is 1.50 bits per heavy atom. The molecule has 0 spiro atoms. The van der Waals surface area contributed by atoms with Gasteiger partial charge in [-0.2, -0.15) is 0 Å². The number of hydrogen-bond acceptors (Lipinski definition) is 3. The van der Waals surface area contributed by atoms with E-state index in [0.29, 0.717) is 0 Å². The minimum Gasteiger partial charge on any atom is -1.00 e. The summed E-state index contributed by atoms with van der Waals surface area (Å²) in [6.07, 6.45) is 0. The van der Waals surface area contributed by atoms with Gasteiger partial charge in [0.1, 0.15) is 0 Å². The maximum atomic E-state index is 9.04. The molecular weight excluding hydrogens is 166 g/mol. The number of carbonyl (C=O) groups is 2. The predicted octanol–water partition coefficient (Wildman–Crippen LogP) is -8.06. The van der Waals surface area contributed by atoms with Crippen LogP contribution in [0, 0.1) is 0 Å². The van der Waals surface area contributed by atoms with Gasteiger partial charge in [0.25, 0.3) is 0 Å². The van der Waals surface area contributed by atoms with Crippen LogP contribution < -0.4 is 108 Å². The van der Waals surface area contributed by atoms with E-state index in [4.69, 9.17) is 19.8 Å². The molecule has 0 bridgehead atoms. The van der Waals surface area contributed by atoms with Crippen molar-refractivity contribution in [3.8, 4) is 0 Å². The molecule has 6 heteroatoms. The second-order valence-electron chi connectivity index (χ2n) is 0.593. The molecule has 0 heterocycles. The van der Waals surface area contributed by atoms with E-state index in [9.17, 15) is 0 Å². The number of carboxylic acids is 2. The normalized spacial score (nSPS) is 5.50. The van der Waals surface area contributed by atoms with Crippen LogP contribution in [-0.2, 0) is 9.59 Å². The van der Waals surface area contributed by atoms with E-state index in [1.165, 1.54) is 0 Å². The van der Waals surface area contributed by atoms with Gasteiger partial charge in [0.15, 0.2) is 5.97 Å². The molecule has 0 saturated heterocycles. The number of carbonyl (C=O) groups excluding carboxylic acids is 1. The molecule has 0 aromatic rings. The Bertz CT molecular complexity index is 82.6. The van der Waals surface area contributed by atoms with Gasteiger partial charge in [-0.3, -0.25) is 0 Å². The average Bonchev–Trinajstić information content (AvgIpc) is 1.36. The maximum absolute atomic E-state index is 9.04. The van der Waals surface area contributed by atoms with Gasteiger partial charge in [-0.25, -0.2) is 4.79 Å². The summed E-state index contributed by atoms with van der Waals surface area (Å²) in [4.78, 5) is 18.0. The summed E-state index contributed by atoms with van der Waals surface area (Å²) in [7, 11) is 0. The van der Waals surface area contributed by atoms with Crippen molar-refractivity contribution in [1.82, 2.24) is 0 Å². The van der Waals surface area contributed by atoms with E-state index in [-0.39, 0.29) is 104 Å². The van der Waals surface area contributed by atoms with Crippen molar-refractivity contribution < 1.29 is 124 Å². The third-order valence-corrected chi connectivity index (χ3v) is 0.175. The smallest absolute Gasteiger partial charge is 1.00 e. The van der Waals surface area contributed by atoms with Crippen LogP contribution in [0.3, 0.4) is 0 Å². The van der Waals surface area contributed by atoms with Crippen LogP contribution in [0.15, 0.2) is 0 Å². The predicted molar refractivity (Wildman–Crippen MR) is 13.8 cm³/mol. The van der Waals surface area contributed by atoms with Crippen molar-refractivity contribution in [2.24, 2.45) is 0 Å². The maximum Gasteiger partial charge on any atom is 1.00 e. The number of rotatable bonds is 0. The molecule has 1 N–H and O–H groups in total. The van der Waals surface area contributed by atoms with Crippen molar-refractivity contribution in [3.63, 3.8) is 0 Å². The van der Waals surface area contributed by atoms with Gasteiger partial charge in [-0.1, -0.05) is 0 Å². The summed E-state index contributed by atoms with van der Waals surface area (Å²) < 4.78 is 0. The van der Waals surface area contributed by atoms with Gasteiger partial charge < -0.3 is 16.4 Å². The Morgan fingerprint density at radius 1 is 1.38 bits per heavy atom. The third-order valence-electron chi connectivity index (χ3n) is 0.175. The number of aliphatic carboxylic acids is 2. The number of carboxylic acid groups (broad SMARTS) is 2. The van der Waals surface area contributed by atoms with E-state index < -0.39 is 11.9 Å². The van der Waals surface area contributed by atoms with Crippen LogP contribution in [0.4, 0.5) is 0 Å². The summed E-state index contributed by atoms with van der Waals surface area (Å²) in [6, 6.07) is 0. The van der Waals surface area contributed by atoms with Crippen LogP contribution in [0.2, 0.25) is 0 Å². The van der Waals surface area contributed by atoms with E-state index in [0.717, 1.165) is 0 Å². The Morgan fingerprint density at radius 2 is 1.50 bits per heavy atom. The van der Waals surface area contributed by atoms with Crippen LogP contribution >= 0.6 is 0 Å². The summed E-state index contributed by atoms with van der Waals surface area (Å²) in [5, 5.41) is 16.3.